The summed E-state index contributed by atoms with van der Waals surface area (Å²) in [6.45, 7) is 5.51. The molecule has 2 aliphatic heterocycles. The van der Waals surface area contributed by atoms with Gasteiger partial charge in [0.1, 0.15) is 11.9 Å². The van der Waals surface area contributed by atoms with E-state index in [1.165, 1.54) is 25.0 Å². The Balaban J connectivity index is 1.23. The van der Waals surface area contributed by atoms with Gasteiger partial charge in [-0.3, -0.25) is 9.59 Å². The number of carbonyl (C=O) groups excluding carboxylic acids is 2. The van der Waals surface area contributed by atoms with Crippen molar-refractivity contribution < 1.29 is 18.7 Å². The van der Waals surface area contributed by atoms with Gasteiger partial charge in [-0.05, 0) is 82.1 Å². The van der Waals surface area contributed by atoms with Crippen molar-refractivity contribution in [3.63, 3.8) is 0 Å². The number of carbonyl (C=O) groups is 2. The summed E-state index contributed by atoms with van der Waals surface area (Å²) in [5.41, 5.74) is 7.15. The lowest BCUT2D eigenvalue weighted by molar-refractivity contribution is 0.0708. The van der Waals surface area contributed by atoms with Crippen LogP contribution in [-0.4, -0.2) is 64.0 Å². The largest absolute Gasteiger partial charge is 0.482 e. The van der Waals surface area contributed by atoms with Gasteiger partial charge in [0.2, 0.25) is 0 Å². The van der Waals surface area contributed by atoms with Gasteiger partial charge < -0.3 is 25.6 Å². The first-order valence-electron chi connectivity index (χ1n) is 13.6. The number of halogens is 3. The second-order valence-electron chi connectivity index (χ2n) is 10.3. The standard InChI is InChI=1S/C29H31Cl2FN6O3/c1-17(25-21(30)10-11-22(32)26(25)31)41-24-15-23(35-36-27(24)33)28(39)34-19-8-6-18(7-9-19)29(40)38-14-4-5-20(38)16-37-12-2-3-13-37/h6-11,15,17,20H,2-5,12-14,16H2,1H3,(H2,33,36)(H,34,39)/t17?,20-/m1/s1. The van der Waals surface area contributed by atoms with Crippen LogP contribution in [0.3, 0.4) is 0 Å². The minimum Gasteiger partial charge on any atom is -0.482 e. The van der Waals surface area contributed by atoms with Gasteiger partial charge in [-0.2, -0.15) is 0 Å². The van der Waals surface area contributed by atoms with Crippen LogP contribution in [0.15, 0.2) is 42.5 Å². The highest BCUT2D eigenvalue weighted by molar-refractivity contribution is 6.36. The number of benzene rings is 2. The van der Waals surface area contributed by atoms with E-state index < -0.39 is 17.8 Å². The van der Waals surface area contributed by atoms with Gasteiger partial charge in [-0.1, -0.05) is 23.2 Å². The third kappa shape index (κ3) is 6.55. The topological polar surface area (TPSA) is 114 Å². The number of hydrogen-bond acceptors (Lipinski definition) is 7. The summed E-state index contributed by atoms with van der Waals surface area (Å²) < 4.78 is 19.8. The summed E-state index contributed by atoms with van der Waals surface area (Å²) in [5.74, 6) is -1.20. The molecular formula is C29H31Cl2FN6O3. The minimum atomic E-state index is -0.802. The molecule has 2 saturated heterocycles. The van der Waals surface area contributed by atoms with E-state index in [2.05, 4.69) is 20.4 Å². The lowest BCUT2D eigenvalue weighted by Gasteiger charge is -2.28. The molecule has 3 N–H and O–H groups in total. The number of ether oxygens (including phenoxy) is 1. The number of nitrogens with zero attached hydrogens (tertiary/aromatic N) is 4. The average molecular weight is 602 g/mol. The Hall–Kier alpha value is -3.47. The first kappa shape index (κ1) is 29.0. The molecule has 2 amide bonds. The van der Waals surface area contributed by atoms with Crippen molar-refractivity contribution in [2.75, 3.05) is 37.2 Å². The smallest absolute Gasteiger partial charge is 0.276 e. The number of rotatable bonds is 8. The highest BCUT2D eigenvalue weighted by Gasteiger charge is 2.31. The third-order valence-electron chi connectivity index (χ3n) is 7.50. The summed E-state index contributed by atoms with van der Waals surface area (Å²) in [4.78, 5) is 30.6. The summed E-state index contributed by atoms with van der Waals surface area (Å²) >= 11 is 12.3. The fourth-order valence-corrected chi connectivity index (χ4v) is 6.05. The SMILES string of the molecule is CC(Oc1cc(C(=O)Nc2ccc(C(=O)N3CCC[C@@H]3CN3CCCC3)cc2)nnc1N)c1c(Cl)ccc(F)c1Cl. The maximum absolute atomic E-state index is 14.0. The molecule has 2 aromatic carbocycles. The number of likely N-dealkylation sites (tertiary alicyclic amines) is 2. The molecule has 41 heavy (non-hydrogen) atoms. The molecule has 1 aromatic heterocycles. The molecule has 0 radical (unpaired) electrons. The summed E-state index contributed by atoms with van der Waals surface area (Å²) in [5, 5.41) is 10.5. The van der Waals surface area contributed by atoms with E-state index >= 15 is 0 Å². The van der Waals surface area contributed by atoms with Crippen molar-refractivity contribution >= 4 is 46.5 Å². The number of nitrogens with one attached hydrogen (secondary N) is 1. The monoisotopic (exact) mass is 600 g/mol. The van der Waals surface area contributed by atoms with E-state index in [9.17, 15) is 14.0 Å². The molecule has 0 saturated carbocycles. The maximum atomic E-state index is 14.0. The zero-order chi connectivity index (χ0) is 29.1. The van der Waals surface area contributed by atoms with Crippen LogP contribution in [0.1, 0.15) is 65.1 Å². The molecule has 3 heterocycles. The lowest BCUT2D eigenvalue weighted by Crippen LogP contribution is -2.42. The van der Waals surface area contributed by atoms with Gasteiger partial charge in [0.15, 0.2) is 17.3 Å². The Bertz CT molecular complexity index is 1430. The first-order valence-corrected chi connectivity index (χ1v) is 14.3. The van der Waals surface area contributed by atoms with Crippen molar-refractivity contribution in [2.45, 2.75) is 44.8 Å². The second-order valence-corrected chi connectivity index (χ2v) is 11.1. The molecule has 216 valence electrons. The minimum absolute atomic E-state index is 0.00314. The van der Waals surface area contributed by atoms with Crippen LogP contribution >= 0.6 is 23.2 Å². The Kier molecular flexibility index (Phi) is 8.91. The van der Waals surface area contributed by atoms with E-state index in [1.807, 2.05) is 4.90 Å². The van der Waals surface area contributed by atoms with Crippen molar-refractivity contribution in [1.29, 1.82) is 0 Å². The van der Waals surface area contributed by atoms with Crippen LogP contribution in [-0.2, 0) is 0 Å². The molecule has 0 spiro atoms. The molecule has 0 aliphatic carbocycles. The van der Waals surface area contributed by atoms with E-state index in [0.29, 0.717) is 11.3 Å². The van der Waals surface area contributed by atoms with Crippen LogP contribution in [0.2, 0.25) is 10.0 Å². The molecule has 5 rings (SSSR count). The molecule has 1 unspecified atom stereocenters. The zero-order valence-electron chi connectivity index (χ0n) is 22.6. The Morgan fingerprint density at radius 3 is 2.56 bits per heavy atom. The number of nitrogens with two attached hydrogens (primary N) is 1. The maximum Gasteiger partial charge on any atom is 0.276 e. The fraction of sp³-hybridized carbons (Fsp3) is 0.379. The van der Waals surface area contributed by atoms with Gasteiger partial charge in [0.25, 0.3) is 11.8 Å². The van der Waals surface area contributed by atoms with Crippen molar-refractivity contribution in [3.8, 4) is 5.75 Å². The van der Waals surface area contributed by atoms with Gasteiger partial charge in [-0.15, -0.1) is 10.2 Å². The second kappa shape index (κ2) is 12.6. The Morgan fingerprint density at radius 1 is 1.10 bits per heavy atom. The molecule has 2 atom stereocenters. The summed E-state index contributed by atoms with van der Waals surface area (Å²) in [6.07, 6.45) is 3.67. The molecular weight excluding hydrogens is 570 g/mol. The first-order chi connectivity index (χ1) is 19.7. The van der Waals surface area contributed by atoms with Crippen LogP contribution < -0.4 is 15.8 Å². The highest BCUT2D eigenvalue weighted by Crippen LogP contribution is 2.36. The number of amides is 2. The van der Waals surface area contributed by atoms with Crippen LogP contribution in [0, 0.1) is 5.82 Å². The molecule has 2 fully saturated rings. The molecule has 0 bridgehead atoms. The highest BCUT2D eigenvalue weighted by atomic mass is 35.5. The lowest BCUT2D eigenvalue weighted by atomic mass is 10.1. The number of aromatic nitrogens is 2. The molecule has 12 heteroatoms. The van der Waals surface area contributed by atoms with Crippen molar-refractivity contribution in [1.82, 2.24) is 20.0 Å². The number of nitrogen functional groups attached to an aromatic ring is 1. The van der Waals surface area contributed by atoms with E-state index in [1.54, 1.807) is 31.2 Å². The Morgan fingerprint density at radius 2 is 1.83 bits per heavy atom. The van der Waals surface area contributed by atoms with Gasteiger partial charge in [0.05, 0.1) is 5.02 Å². The number of anilines is 2. The van der Waals surface area contributed by atoms with Gasteiger partial charge in [-0.25, -0.2) is 4.39 Å². The molecule has 3 aromatic rings. The fourth-order valence-electron chi connectivity index (χ4n) is 5.37. The summed E-state index contributed by atoms with van der Waals surface area (Å²) in [6, 6.07) is 10.9. The zero-order valence-corrected chi connectivity index (χ0v) is 24.1. The quantitative estimate of drug-likeness (QED) is 0.324. The van der Waals surface area contributed by atoms with E-state index in [-0.39, 0.29) is 44.8 Å². The number of hydrogen-bond donors (Lipinski definition) is 2. The van der Waals surface area contributed by atoms with Gasteiger partial charge >= 0.3 is 0 Å². The van der Waals surface area contributed by atoms with Crippen LogP contribution in [0.5, 0.6) is 5.75 Å². The van der Waals surface area contributed by atoms with E-state index in [0.717, 1.165) is 45.1 Å². The van der Waals surface area contributed by atoms with Crippen molar-refractivity contribution in [2.24, 2.45) is 0 Å². The Labute approximate surface area is 247 Å². The normalized spacial score (nSPS) is 18.0. The predicted octanol–water partition coefficient (Wildman–Crippen LogP) is 5.60. The predicted molar refractivity (Wildman–Crippen MR) is 156 cm³/mol. The average Bonchev–Trinajstić information content (AvgIpc) is 3.65. The third-order valence-corrected chi connectivity index (χ3v) is 8.22. The summed E-state index contributed by atoms with van der Waals surface area (Å²) in [7, 11) is 0. The molecule has 2 aliphatic rings. The van der Waals surface area contributed by atoms with Crippen molar-refractivity contribution in [3.05, 3.63) is 75.1 Å². The van der Waals surface area contributed by atoms with E-state index in [4.69, 9.17) is 33.7 Å². The van der Waals surface area contributed by atoms with Crippen LogP contribution in [0.4, 0.5) is 15.9 Å². The molecule has 9 nitrogen and oxygen atoms in total. The van der Waals surface area contributed by atoms with Crippen LogP contribution in [0.25, 0.3) is 0 Å². The van der Waals surface area contributed by atoms with Gasteiger partial charge in [0, 0.05) is 47.0 Å².